The maximum atomic E-state index is 11.7. The molecule has 0 aromatic carbocycles. The third-order valence-electron chi connectivity index (χ3n) is 2.69. The highest BCUT2D eigenvalue weighted by Crippen LogP contribution is 2.17. The Balaban J connectivity index is 2.07. The van der Waals surface area contributed by atoms with Crippen molar-refractivity contribution in [1.29, 1.82) is 0 Å². The van der Waals surface area contributed by atoms with E-state index in [4.69, 9.17) is 0 Å². The summed E-state index contributed by atoms with van der Waals surface area (Å²) in [6.45, 7) is 4.23. The Morgan fingerprint density at radius 2 is 2.28 bits per heavy atom. The van der Waals surface area contributed by atoms with Gasteiger partial charge in [0.15, 0.2) is 0 Å². The Morgan fingerprint density at radius 1 is 1.50 bits per heavy atom. The number of carbonyl (C=O) groups is 1. The van der Waals surface area contributed by atoms with E-state index in [0.29, 0.717) is 12.3 Å². The molecule has 0 atom stereocenters. The molecule has 18 heavy (non-hydrogen) atoms. The fourth-order valence-electron chi connectivity index (χ4n) is 1.67. The molecular weight excluding hydrogens is 294 g/mol. The first-order chi connectivity index (χ1) is 8.56. The van der Waals surface area contributed by atoms with Crippen LogP contribution in [0.2, 0.25) is 0 Å². The van der Waals surface area contributed by atoms with Gasteiger partial charge in [-0.25, -0.2) is 4.98 Å². The van der Waals surface area contributed by atoms with E-state index in [-0.39, 0.29) is 5.91 Å². The third-order valence-corrected chi connectivity index (χ3v) is 3.28. The summed E-state index contributed by atoms with van der Waals surface area (Å²) in [4.78, 5) is 15.9. The highest BCUT2D eigenvalue weighted by atomic mass is 79.9. The van der Waals surface area contributed by atoms with Gasteiger partial charge in [-0.1, -0.05) is 13.8 Å². The first kappa shape index (κ1) is 13.1. The van der Waals surface area contributed by atoms with Gasteiger partial charge < -0.3 is 5.32 Å². The summed E-state index contributed by atoms with van der Waals surface area (Å²) < 4.78 is 2.76. The van der Waals surface area contributed by atoms with E-state index in [1.807, 2.05) is 22.7 Å². The first-order valence-corrected chi connectivity index (χ1v) is 6.78. The van der Waals surface area contributed by atoms with Gasteiger partial charge in [-0.15, -0.1) is 0 Å². The molecule has 2 aromatic heterocycles. The highest BCUT2D eigenvalue weighted by Gasteiger charge is 2.06. The Bertz CT molecular complexity index is 562. The molecule has 0 unspecified atom stereocenters. The Morgan fingerprint density at radius 3 is 3.00 bits per heavy atom. The molecule has 5 heteroatoms. The quantitative estimate of drug-likeness (QED) is 0.940. The topological polar surface area (TPSA) is 46.4 Å². The molecule has 0 aliphatic carbocycles. The summed E-state index contributed by atoms with van der Waals surface area (Å²) in [5.74, 6) is 0.598. The maximum Gasteiger partial charge on any atom is 0.224 e. The fourth-order valence-corrected chi connectivity index (χ4v) is 2.05. The molecule has 0 saturated carbocycles. The normalized spacial score (nSPS) is 11.1. The molecule has 0 aliphatic rings. The van der Waals surface area contributed by atoms with E-state index >= 15 is 0 Å². The van der Waals surface area contributed by atoms with Crippen LogP contribution in [0.3, 0.4) is 0 Å². The van der Waals surface area contributed by atoms with Gasteiger partial charge >= 0.3 is 0 Å². The molecule has 0 saturated heterocycles. The lowest BCUT2D eigenvalue weighted by molar-refractivity contribution is -0.116. The van der Waals surface area contributed by atoms with Gasteiger partial charge in [0.25, 0.3) is 0 Å². The van der Waals surface area contributed by atoms with Gasteiger partial charge in [-0.05, 0) is 40.4 Å². The number of pyridine rings is 1. The van der Waals surface area contributed by atoms with Crippen LogP contribution in [0.25, 0.3) is 5.65 Å². The second-order valence-corrected chi connectivity index (χ2v) is 5.52. The van der Waals surface area contributed by atoms with Crippen LogP contribution < -0.4 is 5.32 Å². The van der Waals surface area contributed by atoms with Crippen LogP contribution in [-0.4, -0.2) is 15.3 Å². The van der Waals surface area contributed by atoms with Crippen molar-refractivity contribution in [2.45, 2.75) is 26.7 Å². The lowest BCUT2D eigenvalue weighted by Gasteiger charge is -2.07. The van der Waals surface area contributed by atoms with Crippen molar-refractivity contribution in [2.75, 3.05) is 5.32 Å². The van der Waals surface area contributed by atoms with Gasteiger partial charge in [0, 0.05) is 12.6 Å². The van der Waals surface area contributed by atoms with Crippen molar-refractivity contribution in [3.05, 3.63) is 29.1 Å². The van der Waals surface area contributed by atoms with E-state index in [9.17, 15) is 4.79 Å². The fraction of sp³-hybridized carbons (Fsp3) is 0.385. The summed E-state index contributed by atoms with van der Waals surface area (Å²) in [7, 11) is 0. The number of aromatic nitrogens is 2. The number of nitrogens with zero attached hydrogens (tertiary/aromatic N) is 2. The first-order valence-electron chi connectivity index (χ1n) is 5.98. The van der Waals surface area contributed by atoms with Gasteiger partial charge in [0.2, 0.25) is 5.91 Å². The molecule has 96 valence electrons. The number of carbonyl (C=O) groups excluding carboxylic acids is 1. The van der Waals surface area contributed by atoms with Crippen molar-refractivity contribution in [1.82, 2.24) is 9.38 Å². The van der Waals surface area contributed by atoms with Crippen LogP contribution in [0.4, 0.5) is 5.69 Å². The predicted molar refractivity (Wildman–Crippen MR) is 75.6 cm³/mol. The summed E-state index contributed by atoms with van der Waals surface area (Å²) in [5, 5.41) is 2.90. The van der Waals surface area contributed by atoms with Crippen LogP contribution >= 0.6 is 15.9 Å². The predicted octanol–water partition coefficient (Wildman–Crippen LogP) is 3.47. The minimum atomic E-state index is 0.0549. The standard InChI is InChI=1S/C13H16BrN3O/c1-9(2)3-6-13(18)16-10-4-5-12-15-7-11(14)17(12)8-10/h4-5,7-9H,3,6H2,1-2H3,(H,16,18). The average molecular weight is 310 g/mol. The average Bonchev–Trinajstić information content (AvgIpc) is 2.69. The van der Waals surface area contributed by atoms with Crippen LogP contribution in [0.1, 0.15) is 26.7 Å². The molecule has 0 fully saturated rings. The smallest absolute Gasteiger partial charge is 0.224 e. The number of anilines is 1. The number of hydrogen-bond acceptors (Lipinski definition) is 2. The summed E-state index contributed by atoms with van der Waals surface area (Å²) >= 11 is 3.40. The van der Waals surface area contributed by atoms with Crippen LogP contribution in [-0.2, 0) is 4.79 Å². The lowest BCUT2D eigenvalue weighted by Crippen LogP contribution is -2.12. The summed E-state index contributed by atoms with van der Waals surface area (Å²) in [6, 6.07) is 3.74. The van der Waals surface area contributed by atoms with Gasteiger partial charge in [-0.2, -0.15) is 0 Å². The van der Waals surface area contributed by atoms with E-state index in [0.717, 1.165) is 22.4 Å². The second-order valence-electron chi connectivity index (χ2n) is 4.71. The van der Waals surface area contributed by atoms with E-state index in [1.165, 1.54) is 0 Å². The minimum Gasteiger partial charge on any atom is -0.325 e. The highest BCUT2D eigenvalue weighted by molar-refractivity contribution is 9.10. The van der Waals surface area contributed by atoms with Crippen molar-refractivity contribution < 1.29 is 4.79 Å². The number of rotatable bonds is 4. The second kappa shape index (κ2) is 5.52. The van der Waals surface area contributed by atoms with Gasteiger partial charge in [-0.3, -0.25) is 9.20 Å². The SMILES string of the molecule is CC(C)CCC(=O)Nc1ccc2ncc(Br)n2c1. The Labute approximate surface area is 115 Å². The zero-order chi connectivity index (χ0) is 13.1. The largest absolute Gasteiger partial charge is 0.325 e. The molecule has 4 nitrogen and oxygen atoms in total. The van der Waals surface area contributed by atoms with Crippen LogP contribution in [0, 0.1) is 5.92 Å². The van der Waals surface area contributed by atoms with Crippen molar-refractivity contribution in [3.8, 4) is 0 Å². The third kappa shape index (κ3) is 3.10. The van der Waals surface area contributed by atoms with E-state index < -0.39 is 0 Å². The minimum absolute atomic E-state index is 0.0549. The van der Waals surface area contributed by atoms with Crippen molar-refractivity contribution in [2.24, 2.45) is 5.92 Å². The Kier molecular flexibility index (Phi) is 4.01. The van der Waals surface area contributed by atoms with Gasteiger partial charge in [0.05, 0.1) is 11.9 Å². The molecule has 0 bridgehead atoms. The lowest BCUT2D eigenvalue weighted by atomic mass is 10.1. The van der Waals surface area contributed by atoms with Crippen LogP contribution in [0.15, 0.2) is 29.1 Å². The molecule has 0 spiro atoms. The molecule has 1 N–H and O–H groups in total. The number of halogens is 1. The summed E-state index contributed by atoms with van der Waals surface area (Å²) in [6.07, 6.45) is 5.06. The molecule has 0 radical (unpaired) electrons. The number of amides is 1. The van der Waals surface area contributed by atoms with Crippen LogP contribution in [0.5, 0.6) is 0 Å². The summed E-state index contributed by atoms with van der Waals surface area (Å²) in [5.41, 5.74) is 1.64. The molecule has 1 amide bonds. The van der Waals surface area contributed by atoms with Gasteiger partial charge in [0.1, 0.15) is 10.3 Å². The maximum absolute atomic E-state index is 11.7. The molecule has 2 aromatic rings. The van der Waals surface area contributed by atoms with E-state index in [2.05, 4.69) is 40.1 Å². The number of fused-ring (bicyclic) bond motifs is 1. The molecule has 2 rings (SSSR count). The van der Waals surface area contributed by atoms with Crippen molar-refractivity contribution >= 4 is 33.2 Å². The molecule has 2 heterocycles. The molecular formula is C13H16BrN3O. The molecule has 0 aliphatic heterocycles. The monoisotopic (exact) mass is 309 g/mol. The zero-order valence-corrected chi connectivity index (χ0v) is 12.1. The number of imidazole rings is 1. The van der Waals surface area contributed by atoms with E-state index in [1.54, 1.807) is 6.20 Å². The number of nitrogens with one attached hydrogen (secondary N) is 1. The Hall–Kier alpha value is -1.36. The zero-order valence-electron chi connectivity index (χ0n) is 10.5. The van der Waals surface area contributed by atoms with Crippen molar-refractivity contribution in [3.63, 3.8) is 0 Å². The number of hydrogen-bond donors (Lipinski definition) is 1.